The van der Waals surface area contributed by atoms with Gasteiger partial charge < -0.3 is 18.4 Å². The Morgan fingerprint density at radius 1 is 0.717 bits per heavy atom. The van der Waals surface area contributed by atoms with Gasteiger partial charge in [0.2, 0.25) is 0 Å². The normalized spacial score (nSPS) is 20.6. The third kappa shape index (κ3) is 12.1. The predicted octanol–water partition coefficient (Wildman–Crippen LogP) is 11.6. The molecule has 1 saturated carbocycles. The van der Waals surface area contributed by atoms with Crippen molar-refractivity contribution in [3.05, 3.63) is 58.7 Å². The van der Waals surface area contributed by atoms with E-state index in [4.69, 9.17) is 8.23 Å². The van der Waals surface area contributed by atoms with Crippen molar-refractivity contribution in [2.24, 2.45) is 17.8 Å². The lowest BCUT2D eigenvalue weighted by molar-refractivity contribution is 0.218. The molecule has 0 amide bonds. The van der Waals surface area contributed by atoms with E-state index in [1.807, 2.05) is 26.0 Å². The second-order valence-corrected chi connectivity index (χ2v) is 34.9. The molecule has 0 aliphatic heterocycles. The van der Waals surface area contributed by atoms with Crippen LogP contribution in [0.15, 0.2) is 36.4 Å². The summed E-state index contributed by atoms with van der Waals surface area (Å²) >= 11 is 0. The average Bonchev–Trinajstić information content (AvgIpc) is 2.91. The standard InChI is InChI=1S/C38H68O4Si4/c1-29-17-20-35(27-38(29)46(11,12)42-44(7,8)24-14-16-34-19-22-37(40)31(3)26-34)32(4)28-45(9,10)41-43(5,6)23-13-15-33-18-21-36(39)30(2)25-33/h18-19,21-22,25-26,29,32,35,38-40H,13-17,20,23-24,27-28H2,1-12H3. The summed E-state index contributed by atoms with van der Waals surface area (Å²) in [5.74, 6) is 3.00. The minimum atomic E-state index is -1.88. The highest BCUT2D eigenvalue weighted by Gasteiger charge is 2.45. The fraction of sp³-hybridized carbons (Fsp3) is 0.684. The molecule has 2 aromatic rings. The molecular weight excluding hydrogens is 633 g/mol. The lowest BCUT2D eigenvalue weighted by Crippen LogP contribution is -2.50. The molecule has 260 valence electrons. The van der Waals surface area contributed by atoms with Crippen molar-refractivity contribution in [3.63, 3.8) is 0 Å². The molecule has 1 aliphatic rings. The summed E-state index contributed by atoms with van der Waals surface area (Å²) < 4.78 is 14.5. The van der Waals surface area contributed by atoms with Crippen LogP contribution < -0.4 is 0 Å². The third-order valence-corrected chi connectivity index (χ3v) is 26.9. The van der Waals surface area contributed by atoms with Crippen molar-refractivity contribution in [2.75, 3.05) is 0 Å². The molecule has 1 aliphatic carbocycles. The van der Waals surface area contributed by atoms with Crippen LogP contribution in [0.25, 0.3) is 0 Å². The molecule has 2 aromatic carbocycles. The maximum Gasteiger partial charge on any atom is 0.176 e. The topological polar surface area (TPSA) is 58.9 Å². The van der Waals surface area contributed by atoms with Crippen LogP contribution in [0, 0.1) is 31.6 Å². The fourth-order valence-corrected chi connectivity index (χ4v) is 28.4. The summed E-state index contributed by atoms with van der Waals surface area (Å²) in [6, 6.07) is 15.7. The van der Waals surface area contributed by atoms with Gasteiger partial charge in [-0.2, -0.15) is 0 Å². The van der Waals surface area contributed by atoms with Gasteiger partial charge in [-0.1, -0.05) is 44.5 Å². The first-order chi connectivity index (χ1) is 21.2. The molecule has 0 bridgehead atoms. The van der Waals surface area contributed by atoms with Crippen molar-refractivity contribution < 1.29 is 18.4 Å². The molecule has 0 spiro atoms. The summed E-state index contributed by atoms with van der Waals surface area (Å²) in [7, 11) is -7.23. The number of benzene rings is 2. The molecule has 0 saturated heterocycles. The first-order valence-electron chi connectivity index (χ1n) is 18.2. The highest BCUT2D eigenvalue weighted by molar-refractivity contribution is 6.86. The van der Waals surface area contributed by atoms with Crippen molar-refractivity contribution in [1.29, 1.82) is 0 Å². The largest absolute Gasteiger partial charge is 0.508 e. The number of aromatic hydroxyl groups is 2. The van der Waals surface area contributed by atoms with E-state index >= 15 is 0 Å². The van der Waals surface area contributed by atoms with E-state index in [-0.39, 0.29) is 0 Å². The van der Waals surface area contributed by atoms with Gasteiger partial charge in [0.1, 0.15) is 11.5 Å². The Labute approximate surface area is 287 Å². The van der Waals surface area contributed by atoms with E-state index in [0.717, 1.165) is 54.2 Å². The van der Waals surface area contributed by atoms with Gasteiger partial charge in [0, 0.05) is 0 Å². The van der Waals surface area contributed by atoms with E-state index in [0.29, 0.717) is 17.4 Å². The molecule has 4 atom stereocenters. The number of phenols is 2. The van der Waals surface area contributed by atoms with E-state index in [2.05, 4.69) is 90.5 Å². The van der Waals surface area contributed by atoms with Crippen LogP contribution in [-0.2, 0) is 21.1 Å². The minimum absolute atomic E-state index is 0.389. The zero-order chi connectivity index (χ0) is 34.5. The molecule has 2 N–H and O–H groups in total. The fourth-order valence-electron chi connectivity index (χ4n) is 8.64. The van der Waals surface area contributed by atoms with Gasteiger partial charge in [0.15, 0.2) is 33.3 Å². The molecular formula is C38H68O4Si4. The molecule has 0 aromatic heterocycles. The van der Waals surface area contributed by atoms with Gasteiger partial charge in [-0.25, -0.2) is 0 Å². The van der Waals surface area contributed by atoms with Gasteiger partial charge in [-0.3, -0.25) is 0 Å². The van der Waals surface area contributed by atoms with Crippen LogP contribution in [0.1, 0.15) is 68.2 Å². The summed E-state index contributed by atoms with van der Waals surface area (Å²) in [6.45, 7) is 28.7. The minimum Gasteiger partial charge on any atom is -0.508 e. The molecule has 1 fully saturated rings. The number of hydrogen-bond acceptors (Lipinski definition) is 4. The summed E-state index contributed by atoms with van der Waals surface area (Å²) in [5.41, 5.74) is 5.29. The maximum absolute atomic E-state index is 9.88. The highest BCUT2D eigenvalue weighted by atomic mass is 28.4. The van der Waals surface area contributed by atoms with Gasteiger partial charge >= 0.3 is 0 Å². The first kappa shape index (κ1) is 39.3. The Bertz CT molecular complexity index is 1280. The van der Waals surface area contributed by atoms with Crippen LogP contribution in [0.4, 0.5) is 0 Å². The third-order valence-electron chi connectivity index (χ3n) is 10.9. The van der Waals surface area contributed by atoms with E-state index < -0.39 is 33.3 Å². The number of phenolic OH excluding ortho intramolecular Hbond substituents is 2. The van der Waals surface area contributed by atoms with Gasteiger partial charge in [0.25, 0.3) is 0 Å². The Balaban J connectivity index is 1.52. The van der Waals surface area contributed by atoms with Crippen LogP contribution in [-0.4, -0.2) is 43.5 Å². The second-order valence-electron chi connectivity index (χ2n) is 17.4. The first-order valence-corrected chi connectivity index (χ1v) is 30.5. The summed E-state index contributed by atoms with van der Waals surface area (Å²) in [4.78, 5) is 0. The second kappa shape index (κ2) is 16.0. The Hall–Kier alpha value is -1.17. The lowest BCUT2D eigenvalue weighted by atomic mass is 9.77. The number of rotatable bonds is 16. The molecule has 46 heavy (non-hydrogen) atoms. The van der Waals surface area contributed by atoms with Gasteiger partial charge in [0.05, 0.1) is 0 Å². The highest BCUT2D eigenvalue weighted by Crippen LogP contribution is 2.48. The molecule has 0 radical (unpaired) electrons. The molecule has 8 heteroatoms. The zero-order valence-corrected chi connectivity index (χ0v) is 35.6. The Kier molecular flexibility index (Phi) is 13.7. The van der Waals surface area contributed by atoms with Crippen molar-refractivity contribution >= 4 is 33.3 Å². The number of aryl methyl sites for hydroxylation is 4. The lowest BCUT2D eigenvalue weighted by Gasteiger charge is -2.47. The van der Waals surface area contributed by atoms with Crippen LogP contribution >= 0.6 is 0 Å². The van der Waals surface area contributed by atoms with E-state index in [1.165, 1.54) is 48.5 Å². The predicted molar refractivity (Wildman–Crippen MR) is 208 cm³/mol. The quantitative estimate of drug-likeness (QED) is 0.171. The van der Waals surface area contributed by atoms with Crippen molar-refractivity contribution in [2.45, 2.75) is 149 Å². The molecule has 3 rings (SSSR count). The van der Waals surface area contributed by atoms with Crippen LogP contribution in [0.2, 0.25) is 76.0 Å². The van der Waals surface area contributed by atoms with E-state index in [9.17, 15) is 10.2 Å². The molecule has 0 heterocycles. The smallest absolute Gasteiger partial charge is 0.176 e. The summed E-state index contributed by atoms with van der Waals surface area (Å²) in [5, 5.41) is 19.7. The van der Waals surface area contributed by atoms with E-state index in [1.54, 1.807) is 0 Å². The van der Waals surface area contributed by atoms with Gasteiger partial charge in [-0.15, -0.1) is 0 Å². The van der Waals surface area contributed by atoms with Crippen LogP contribution in [0.3, 0.4) is 0 Å². The van der Waals surface area contributed by atoms with Crippen LogP contribution in [0.5, 0.6) is 11.5 Å². The molecule has 4 nitrogen and oxygen atoms in total. The zero-order valence-electron chi connectivity index (χ0n) is 31.6. The average molecular weight is 701 g/mol. The molecule has 4 unspecified atom stereocenters. The summed E-state index contributed by atoms with van der Waals surface area (Å²) in [6.07, 6.45) is 8.44. The monoisotopic (exact) mass is 700 g/mol. The van der Waals surface area contributed by atoms with Crippen molar-refractivity contribution in [3.8, 4) is 11.5 Å². The number of hydrogen-bond donors (Lipinski definition) is 2. The SMILES string of the molecule is Cc1cc(CCC[Si](C)(C)O[Si](C)(C)CC(C)C2CCC(C)C([Si](C)(C)O[Si](C)(C)CCCc3ccc(O)c(C)c3)C2)ccc1O. The van der Waals surface area contributed by atoms with Gasteiger partial charge in [-0.05, 0) is 181 Å². The van der Waals surface area contributed by atoms with Crippen molar-refractivity contribution in [1.82, 2.24) is 0 Å². The Morgan fingerprint density at radius 2 is 1.20 bits per heavy atom. The maximum atomic E-state index is 9.88. The Morgan fingerprint density at radius 3 is 1.67 bits per heavy atom.